The number of aliphatic imine (C=N–C) groups is 1. The quantitative estimate of drug-likeness (QED) is 0.247. The Hall–Kier alpha value is -2.01. The first kappa shape index (κ1) is 21.0. The Morgan fingerprint density at radius 3 is 2.48 bits per heavy atom. The third kappa shape index (κ3) is 8.59. The van der Waals surface area contributed by atoms with Crippen LogP contribution in [0.4, 0.5) is 11.4 Å². The van der Waals surface area contributed by atoms with E-state index in [9.17, 15) is 8.42 Å². The number of ether oxygens (including phenoxy) is 1. The second-order valence-corrected chi connectivity index (χ2v) is 6.76. The summed E-state index contributed by atoms with van der Waals surface area (Å²) in [6.07, 6.45) is 1.09. The smallest absolute Gasteiger partial charge is 0.229 e. The molecular weight excluding hydrogens is 455 g/mol. The van der Waals surface area contributed by atoms with E-state index in [-0.39, 0.29) is 24.0 Å². The second-order valence-electron chi connectivity index (χ2n) is 5.01. The number of benzene rings is 2. The van der Waals surface area contributed by atoms with Gasteiger partial charge in [0.1, 0.15) is 12.4 Å². The molecular formula is C16H21IN4O3S. The Morgan fingerprint density at radius 1 is 1.12 bits per heavy atom. The summed E-state index contributed by atoms with van der Waals surface area (Å²) >= 11 is 0. The summed E-state index contributed by atoms with van der Waals surface area (Å²) in [5, 5.41) is 2.97. The van der Waals surface area contributed by atoms with Gasteiger partial charge in [0.25, 0.3) is 0 Å². The van der Waals surface area contributed by atoms with Crippen molar-refractivity contribution in [3.63, 3.8) is 0 Å². The first-order chi connectivity index (χ1) is 11.4. The third-order valence-electron chi connectivity index (χ3n) is 2.83. The highest BCUT2D eigenvalue weighted by molar-refractivity contribution is 14.0. The molecule has 0 spiro atoms. The first-order valence-corrected chi connectivity index (χ1v) is 9.14. The second kappa shape index (κ2) is 10.1. The summed E-state index contributed by atoms with van der Waals surface area (Å²) in [5.41, 5.74) is 7.09. The molecule has 0 saturated heterocycles. The SMILES string of the molecule is CS(=O)(=O)Nc1cccc(OCCN=C(N)Nc2ccccc2)c1.I. The minimum absolute atomic E-state index is 0. The van der Waals surface area contributed by atoms with Gasteiger partial charge in [-0.3, -0.25) is 4.72 Å². The fraction of sp³-hybridized carbons (Fsp3) is 0.188. The average Bonchev–Trinajstić information content (AvgIpc) is 2.51. The zero-order valence-corrected chi connectivity index (χ0v) is 16.8. The molecule has 9 heteroatoms. The van der Waals surface area contributed by atoms with Crippen LogP contribution >= 0.6 is 24.0 Å². The molecule has 0 atom stereocenters. The van der Waals surface area contributed by atoms with Crippen LogP contribution < -0.4 is 20.5 Å². The van der Waals surface area contributed by atoms with Crippen molar-refractivity contribution in [2.24, 2.45) is 10.7 Å². The summed E-state index contributed by atoms with van der Waals surface area (Å²) in [6.45, 7) is 0.689. The van der Waals surface area contributed by atoms with Gasteiger partial charge < -0.3 is 15.8 Å². The number of nitrogens with one attached hydrogen (secondary N) is 2. The molecule has 0 radical (unpaired) electrons. The predicted octanol–water partition coefficient (Wildman–Crippen LogP) is 2.48. The van der Waals surface area contributed by atoms with Gasteiger partial charge in [-0.2, -0.15) is 0 Å². The number of para-hydroxylation sites is 1. The monoisotopic (exact) mass is 476 g/mol. The molecule has 0 unspecified atom stereocenters. The van der Waals surface area contributed by atoms with Crippen molar-refractivity contribution in [3.8, 4) is 5.75 Å². The van der Waals surface area contributed by atoms with Gasteiger partial charge in [0.15, 0.2) is 5.96 Å². The molecule has 0 aromatic heterocycles. The Labute approximate surface area is 164 Å². The number of sulfonamides is 1. The van der Waals surface area contributed by atoms with Crippen molar-refractivity contribution in [2.45, 2.75) is 0 Å². The van der Waals surface area contributed by atoms with Gasteiger partial charge in [-0.1, -0.05) is 24.3 Å². The van der Waals surface area contributed by atoms with E-state index >= 15 is 0 Å². The van der Waals surface area contributed by atoms with Crippen molar-refractivity contribution in [3.05, 3.63) is 54.6 Å². The molecule has 0 fully saturated rings. The highest BCUT2D eigenvalue weighted by atomic mass is 127. The molecule has 0 heterocycles. The molecule has 2 aromatic rings. The van der Waals surface area contributed by atoms with E-state index in [2.05, 4.69) is 15.0 Å². The number of hydrogen-bond donors (Lipinski definition) is 3. The van der Waals surface area contributed by atoms with Crippen LogP contribution in [0, 0.1) is 0 Å². The van der Waals surface area contributed by atoms with Crippen molar-refractivity contribution < 1.29 is 13.2 Å². The van der Waals surface area contributed by atoms with Gasteiger partial charge in [0, 0.05) is 11.8 Å². The van der Waals surface area contributed by atoms with Crippen molar-refractivity contribution in [1.82, 2.24) is 0 Å². The standard InChI is InChI=1S/C16H20N4O3S.HI/c1-24(21,22)20-14-8-5-9-15(12-14)23-11-10-18-16(17)19-13-6-3-2-4-7-13;/h2-9,12,20H,10-11H2,1H3,(H3,17,18,19);1H. The van der Waals surface area contributed by atoms with E-state index < -0.39 is 10.0 Å². The molecule has 2 aromatic carbocycles. The summed E-state index contributed by atoms with van der Waals surface area (Å²) in [6, 6.07) is 16.2. The van der Waals surface area contributed by atoms with Crippen LogP contribution in [0.5, 0.6) is 5.75 Å². The van der Waals surface area contributed by atoms with Gasteiger partial charge in [-0.15, -0.1) is 24.0 Å². The lowest BCUT2D eigenvalue weighted by atomic mass is 10.3. The normalized spacial score (nSPS) is 11.3. The fourth-order valence-electron chi connectivity index (χ4n) is 1.90. The van der Waals surface area contributed by atoms with E-state index in [0.29, 0.717) is 30.5 Å². The maximum absolute atomic E-state index is 11.2. The molecule has 0 aliphatic carbocycles. The van der Waals surface area contributed by atoms with E-state index in [1.54, 1.807) is 24.3 Å². The maximum Gasteiger partial charge on any atom is 0.229 e. The Morgan fingerprint density at radius 2 is 1.80 bits per heavy atom. The molecule has 0 bridgehead atoms. The van der Waals surface area contributed by atoms with Crippen LogP contribution in [0.15, 0.2) is 59.6 Å². The van der Waals surface area contributed by atoms with Crippen molar-refractivity contribution in [2.75, 3.05) is 29.4 Å². The molecule has 0 amide bonds. The zero-order valence-electron chi connectivity index (χ0n) is 13.7. The van der Waals surface area contributed by atoms with Gasteiger partial charge >= 0.3 is 0 Å². The van der Waals surface area contributed by atoms with E-state index in [1.165, 1.54) is 0 Å². The number of guanidine groups is 1. The Balaban J connectivity index is 0.00000312. The van der Waals surface area contributed by atoms with Crippen LogP contribution in [-0.4, -0.2) is 33.8 Å². The van der Waals surface area contributed by atoms with E-state index in [0.717, 1.165) is 11.9 Å². The summed E-state index contributed by atoms with van der Waals surface area (Å²) in [5.74, 6) is 0.853. The number of nitrogens with two attached hydrogens (primary N) is 1. The molecule has 0 aliphatic rings. The zero-order chi connectivity index (χ0) is 17.4. The van der Waals surface area contributed by atoms with Crippen molar-refractivity contribution >= 4 is 51.3 Å². The topological polar surface area (TPSA) is 106 Å². The number of hydrogen-bond acceptors (Lipinski definition) is 4. The number of rotatable bonds is 7. The highest BCUT2D eigenvalue weighted by Gasteiger charge is 2.03. The van der Waals surface area contributed by atoms with Gasteiger partial charge in [0.2, 0.25) is 10.0 Å². The molecule has 0 saturated carbocycles. The molecule has 136 valence electrons. The van der Waals surface area contributed by atoms with Gasteiger partial charge in [0.05, 0.1) is 18.5 Å². The Bertz CT molecular complexity index is 798. The molecule has 0 aliphatic heterocycles. The van der Waals surface area contributed by atoms with Crippen LogP contribution in [0.25, 0.3) is 0 Å². The number of anilines is 2. The minimum Gasteiger partial charge on any atom is -0.492 e. The fourth-order valence-corrected chi connectivity index (χ4v) is 2.46. The molecule has 25 heavy (non-hydrogen) atoms. The van der Waals surface area contributed by atoms with Crippen LogP contribution in [0.1, 0.15) is 0 Å². The lowest BCUT2D eigenvalue weighted by molar-refractivity contribution is 0.329. The van der Waals surface area contributed by atoms with E-state index in [4.69, 9.17) is 10.5 Å². The summed E-state index contributed by atoms with van der Waals surface area (Å²) in [7, 11) is -3.31. The Kier molecular flexibility index (Phi) is 8.49. The van der Waals surface area contributed by atoms with E-state index in [1.807, 2.05) is 30.3 Å². The predicted molar refractivity (Wildman–Crippen MR) is 112 cm³/mol. The summed E-state index contributed by atoms with van der Waals surface area (Å²) < 4.78 is 30.3. The van der Waals surface area contributed by atoms with Gasteiger partial charge in [-0.05, 0) is 24.3 Å². The van der Waals surface area contributed by atoms with Crippen molar-refractivity contribution in [1.29, 1.82) is 0 Å². The third-order valence-corrected chi connectivity index (χ3v) is 3.43. The molecule has 4 N–H and O–H groups in total. The number of halogens is 1. The maximum atomic E-state index is 11.2. The largest absolute Gasteiger partial charge is 0.492 e. The minimum atomic E-state index is -3.31. The highest BCUT2D eigenvalue weighted by Crippen LogP contribution is 2.18. The van der Waals surface area contributed by atoms with Crippen LogP contribution in [0.2, 0.25) is 0 Å². The van der Waals surface area contributed by atoms with Crippen LogP contribution in [-0.2, 0) is 10.0 Å². The summed E-state index contributed by atoms with van der Waals surface area (Å²) in [4.78, 5) is 4.16. The lowest BCUT2D eigenvalue weighted by Gasteiger charge is -2.08. The first-order valence-electron chi connectivity index (χ1n) is 7.25. The van der Waals surface area contributed by atoms with Gasteiger partial charge in [-0.25, -0.2) is 13.4 Å². The number of nitrogens with zero attached hydrogens (tertiary/aromatic N) is 1. The molecule has 2 rings (SSSR count). The lowest BCUT2D eigenvalue weighted by Crippen LogP contribution is -2.23. The molecule has 7 nitrogen and oxygen atoms in total. The average molecular weight is 476 g/mol. The van der Waals surface area contributed by atoms with Crippen LogP contribution in [0.3, 0.4) is 0 Å².